The highest BCUT2D eigenvalue weighted by Crippen LogP contribution is 2.37. The summed E-state index contributed by atoms with van der Waals surface area (Å²) in [6.07, 6.45) is -4.25. The highest BCUT2D eigenvalue weighted by Gasteiger charge is 2.49. The maximum atomic E-state index is 13.3. The molecule has 1 saturated heterocycles. The van der Waals surface area contributed by atoms with Crippen LogP contribution in [0.3, 0.4) is 0 Å². The quantitative estimate of drug-likeness (QED) is 0.510. The standard InChI is InChI=1S/C19H20F3N3O3S/c1-4-28-15(26)6-5-9-24-17(29)25(16(27)18(24,2)3)13-8-7-12(11-23)14(10-13)19(20,21)22/h7-8,10H,4-6,9H2,1-3H3. The van der Waals surface area contributed by atoms with Gasteiger partial charge in [-0.25, -0.2) is 0 Å². The topological polar surface area (TPSA) is 73.6 Å². The van der Waals surface area contributed by atoms with Crippen LogP contribution in [0.1, 0.15) is 44.7 Å². The first-order valence-corrected chi connectivity index (χ1v) is 9.29. The Bertz CT molecular complexity index is 878. The number of esters is 1. The third kappa shape index (κ3) is 4.50. The molecule has 156 valence electrons. The molecule has 1 aliphatic rings. The fourth-order valence-corrected chi connectivity index (χ4v) is 3.56. The Morgan fingerprint density at radius 3 is 2.55 bits per heavy atom. The average molecular weight is 427 g/mol. The number of thiocarbonyl (C=S) groups is 1. The molecule has 1 aromatic carbocycles. The Labute approximate surface area is 171 Å². The number of anilines is 1. The number of alkyl halides is 3. The van der Waals surface area contributed by atoms with Crippen LogP contribution in [0.4, 0.5) is 18.9 Å². The molecule has 29 heavy (non-hydrogen) atoms. The number of benzene rings is 1. The zero-order chi connectivity index (χ0) is 22.0. The van der Waals surface area contributed by atoms with E-state index in [1.54, 1.807) is 25.7 Å². The van der Waals surface area contributed by atoms with Crippen LogP contribution < -0.4 is 4.90 Å². The number of nitrogens with zero attached hydrogens (tertiary/aromatic N) is 3. The Balaban J connectivity index is 2.31. The van der Waals surface area contributed by atoms with Gasteiger partial charge in [0.15, 0.2) is 5.11 Å². The van der Waals surface area contributed by atoms with E-state index in [1.165, 1.54) is 12.1 Å². The molecule has 0 bridgehead atoms. The van der Waals surface area contributed by atoms with Gasteiger partial charge in [-0.3, -0.25) is 14.5 Å². The van der Waals surface area contributed by atoms with Crippen molar-refractivity contribution in [2.75, 3.05) is 18.1 Å². The van der Waals surface area contributed by atoms with Gasteiger partial charge in [0, 0.05) is 13.0 Å². The molecule has 1 amide bonds. The first kappa shape index (κ1) is 22.6. The monoisotopic (exact) mass is 427 g/mol. The lowest BCUT2D eigenvalue weighted by molar-refractivity contribution is -0.143. The number of hydrogen-bond acceptors (Lipinski definition) is 5. The van der Waals surface area contributed by atoms with Gasteiger partial charge in [0.25, 0.3) is 5.91 Å². The van der Waals surface area contributed by atoms with Crippen molar-refractivity contribution in [1.29, 1.82) is 5.26 Å². The maximum absolute atomic E-state index is 13.3. The van der Waals surface area contributed by atoms with Gasteiger partial charge in [-0.2, -0.15) is 18.4 Å². The van der Waals surface area contributed by atoms with Crippen molar-refractivity contribution in [2.24, 2.45) is 0 Å². The minimum Gasteiger partial charge on any atom is -0.466 e. The van der Waals surface area contributed by atoms with E-state index in [1.807, 2.05) is 0 Å². The van der Waals surface area contributed by atoms with E-state index in [0.717, 1.165) is 17.0 Å². The van der Waals surface area contributed by atoms with E-state index >= 15 is 0 Å². The molecule has 0 N–H and O–H groups in total. The van der Waals surface area contributed by atoms with Crippen LogP contribution in [0.15, 0.2) is 18.2 Å². The average Bonchev–Trinajstić information content (AvgIpc) is 2.80. The molecule has 1 fully saturated rings. The molecule has 1 aromatic rings. The number of carbonyl (C=O) groups excluding carboxylic acids is 2. The van der Waals surface area contributed by atoms with Crippen LogP contribution in [-0.4, -0.2) is 40.6 Å². The summed E-state index contributed by atoms with van der Waals surface area (Å²) in [4.78, 5) is 27.1. The smallest absolute Gasteiger partial charge is 0.417 e. The zero-order valence-electron chi connectivity index (χ0n) is 16.2. The second-order valence-electron chi connectivity index (χ2n) is 6.88. The zero-order valence-corrected chi connectivity index (χ0v) is 17.0. The van der Waals surface area contributed by atoms with E-state index in [9.17, 15) is 22.8 Å². The van der Waals surface area contributed by atoms with Crippen LogP contribution in [0.5, 0.6) is 0 Å². The van der Waals surface area contributed by atoms with Crippen LogP contribution in [0, 0.1) is 11.3 Å². The summed E-state index contributed by atoms with van der Waals surface area (Å²) in [7, 11) is 0. The van der Waals surface area contributed by atoms with Gasteiger partial charge in [0.1, 0.15) is 5.54 Å². The lowest BCUT2D eigenvalue weighted by Gasteiger charge is -2.29. The first-order chi connectivity index (χ1) is 13.4. The molecule has 10 heteroatoms. The second-order valence-corrected chi connectivity index (χ2v) is 7.25. The molecule has 0 saturated carbocycles. The highest BCUT2D eigenvalue weighted by atomic mass is 32.1. The SMILES string of the molecule is CCOC(=O)CCCN1C(=S)N(c2ccc(C#N)c(C(F)(F)F)c2)C(=O)C1(C)C. The predicted molar refractivity (Wildman–Crippen MR) is 103 cm³/mol. The maximum Gasteiger partial charge on any atom is 0.417 e. The van der Waals surface area contributed by atoms with Gasteiger partial charge in [-0.15, -0.1) is 0 Å². The molecular weight excluding hydrogens is 407 g/mol. The summed E-state index contributed by atoms with van der Waals surface area (Å²) >= 11 is 5.37. The molecule has 0 radical (unpaired) electrons. The van der Waals surface area contributed by atoms with Crippen molar-refractivity contribution in [3.8, 4) is 6.07 Å². The summed E-state index contributed by atoms with van der Waals surface area (Å²) in [6.45, 7) is 5.44. The fourth-order valence-electron chi connectivity index (χ4n) is 3.06. The fraction of sp³-hybridized carbons (Fsp3) is 0.474. The number of hydrogen-bond donors (Lipinski definition) is 0. The molecule has 6 nitrogen and oxygen atoms in total. The molecule has 0 spiro atoms. The first-order valence-electron chi connectivity index (χ1n) is 8.88. The number of ether oxygens (including phenoxy) is 1. The summed E-state index contributed by atoms with van der Waals surface area (Å²) < 4.78 is 44.7. The van der Waals surface area contributed by atoms with E-state index in [2.05, 4.69) is 0 Å². The highest BCUT2D eigenvalue weighted by molar-refractivity contribution is 7.80. The Hall–Kier alpha value is -2.67. The van der Waals surface area contributed by atoms with E-state index in [-0.39, 0.29) is 36.3 Å². The van der Waals surface area contributed by atoms with Gasteiger partial charge in [0.05, 0.1) is 29.5 Å². The molecule has 1 heterocycles. The summed E-state index contributed by atoms with van der Waals surface area (Å²) in [5.74, 6) is -0.864. The van der Waals surface area contributed by atoms with E-state index in [4.69, 9.17) is 22.2 Å². The van der Waals surface area contributed by atoms with Crippen LogP contribution in [0.2, 0.25) is 0 Å². The van der Waals surface area contributed by atoms with Crippen molar-refractivity contribution < 1.29 is 27.5 Å². The van der Waals surface area contributed by atoms with Gasteiger partial charge in [0.2, 0.25) is 0 Å². The summed E-state index contributed by atoms with van der Waals surface area (Å²) in [5.41, 5.74) is -2.83. The second kappa shape index (κ2) is 8.37. The van der Waals surface area contributed by atoms with Crippen LogP contribution in [0.25, 0.3) is 0 Å². The molecule has 0 aliphatic carbocycles. The van der Waals surface area contributed by atoms with Gasteiger partial charge in [-0.1, -0.05) is 0 Å². The number of carbonyl (C=O) groups is 2. The van der Waals surface area contributed by atoms with Gasteiger partial charge >= 0.3 is 12.1 Å². The molecular formula is C19H20F3N3O3S. The molecule has 0 unspecified atom stereocenters. The third-order valence-corrected chi connectivity index (χ3v) is 4.98. The normalized spacial score (nSPS) is 16.2. The number of nitriles is 1. The predicted octanol–water partition coefficient (Wildman–Crippen LogP) is 3.63. The number of amides is 1. The molecule has 0 aromatic heterocycles. The minimum atomic E-state index is -4.75. The largest absolute Gasteiger partial charge is 0.466 e. The van der Waals surface area contributed by atoms with Gasteiger partial charge < -0.3 is 9.64 Å². The minimum absolute atomic E-state index is 0.0432. The van der Waals surface area contributed by atoms with Crippen molar-refractivity contribution in [3.63, 3.8) is 0 Å². The van der Waals surface area contributed by atoms with Crippen molar-refractivity contribution >= 4 is 34.9 Å². The lowest BCUT2D eigenvalue weighted by Crippen LogP contribution is -2.44. The lowest BCUT2D eigenvalue weighted by atomic mass is 10.0. The Morgan fingerprint density at radius 2 is 2.00 bits per heavy atom. The molecule has 2 rings (SSSR count). The summed E-state index contributed by atoms with van der Waals surface area (Å²) in [5, 5.41) is 8.99. The summed E-state index contributed by atoms with van der Waals surface area (Å²) in [6, 6.07) is 4.54. The molecule has 0 atom stereocenters. The van der Waals surface area contributed by atoms with Crippen molar-refractivity contribution in [2.45, 2.75) is 45.3 Å². The Kier molecular flexibility index (Phi) is 6.53. The van der Waals surface area contributed by atoms with E-state index in [0.29, 0.717) is 6.42 Å². The number of halogens is 3. The van der Waals surface area contributed by atoms with Crippen LogP contribution >= 0.6 is 12.2 Å². The third-order valence-electron chi connectivity index (χ3n) is 4.58. The van der Waals surface area contributed by atoms with Crippen LogP contribution in [-0.2, 0) is 20.5 Å². The Morgan fingerprint density at radius 1 is 1.34 bits per heavy atom. The van der Waals surface area contributed by atoms with Crippen molar-refractivity contribution in [3.05, 3.63) is 29.3 Å². The van der Waals surface area contributed by atoms with Crippen molar-refractivity contribution in [1.82, 2.24) is 4.90 Å². The number of rotatable bonds is 6. The molecule has 1 aliphatic heterocycles. The van der Waals surface area contributed by atoms with Gasteiger partial charge in [-0.05, 0) is 57.6 Å². The van der Waals surface area contributed by atoms with E-state index < -0.39 is 28.7 Å².